The molecule has 6 heteroatoms. The van der Waals surface area contributed by atoms with Crippen LogP contribution in [0.5, 0.6) is 0 Å². The number of aliphatic hydroxyl groups excluding tert-OH is 1. The molecule has 0 aliphatic carbocycles. The number of aliphatic hydroxyl groups is 1. The number of hydrogen-bond acceptors (Lipinski definition) is 6. The van der Waals surface area contributed by atoms with Crippen LogP contribution in [0.15, 0.2) is 0 Å². The number of carbonyl (C=O) groups excluding carboxylic acids is 1. The van der Waals surface area contributed by atoms with Crippen LogP contribution in [0.25, 0.3) is 0 Å². The highest BCUT2D eigenvalue weighted by molar-refractivity contribution is 5.66. The van der Waals surface area contributed by atoms with Crippen molar-refractivity contribution in [2.75, 3.05) is 46.8 Å². The summed E-state index contributed by atoms with van der Waals surface area (Å²) in [5, 5.41) is 8.30. The summed E-state index contributed by atoms with van der Waals surface area (Å²) in [6, 6.07) is 0. The van der Waals surface area contributed by atoms with Crippen molar-refractivity contribution < 1.29 is 28.8 Å². The molecule has 0 spiro atoms. The molecule has 0 saturated heterocycles. The maximum atomic E-state index is 10.3. The van der Waals surface area contributed by atoms with Crippen LogP contribution >= 0.6 is 0 Å². The third-order valence-corrected chi connectivity index (χ3v) is 1.72. The predicted molar refractivity (Wildman–Crippen MR) is 72.1 cm³/mol. The molecule has 0 aromatic carbocycles. The fourth-order valence-corrected chi connectivity index (χ4v) is 1.08. The average Bonchev–Trinajstić information content (AvgIpc) is 2.34. The molecular weight excluding hydrogens is 252 g/mol. The van der Waals surface area contributed by atoms with Crippen LogP contribution in [0.4, 0.5) is 0 Å². The molecule has 1 unspecified atom stereocenters. The second kappa shape index (κ2) is 17.3. The molecule has 0 aliphatic rings. The molecular formula is C13H28O6. The quantitative estimate of drug-likeness (QED) is 0.475. The summed E-state index contributed by atoms with van der Waals surface area (Å²) in [6.07, 6.45) is 0.910. The fraction of sp³-hybridized carbons (Fsp3) is 0.923. The van der Waals surface area contributed by atoms with Gasteiger partial charge in [0.25, 0.3) is 0 Å². The van der Waals surface area contributed by atoms with Crippen molar-refractivity contribution in [1.29, 1.82) is 0 Å². The molecule has 0 saturated carbocycles. The normalized spacial score (nSPS) is 11.4. The summed E-state index contributed by atoms with van der Waals surface area (Å²) in [5.41, 5.74) is 0. The Hall–Kier alpha value is -0.690. The molecule has 0 aromatic heterocycles. The molecule has 0 amide bonds. The zero-order valence-corrected chi connectivity index (χ0v) is 12.5. The SMILES string of the molecule is CCCOCCOCCO.COCC(C)OC(C)=O. The summed E-state index contributed by atoms with van der Waals surface area (Å²) in [5.74, 6) is -0.264. The van der Waals surface area contributed by atoms with E-state index in [9.17, 15) is 4.79 Å². The second-order valence-corrected chi connectivity index (χ2v) is 3.82. The predicted octanol–water partition coefficient (Wildman–Crippen LogP) is 1.01. The van der Waals surface area contributed by atoms with Crippen molar-refractivity contribution in [2.24, 2.45) is 0 Å². The fourth-order valence-electron chi connectivity index (χ4n) is 1.08. The van der Waals surface area contributed by atoms with E-state index >= 15 is 0 Å². The minimum atomic E-state index is -0.264. The molecule has 6 nitrogen and oxygen atoms in total. The van der Waals surface area contributed by atoms with Gasteiger partial charge in [-0.2, -0.15) is 0 Å². The second-order valence-electron chi connectivity index (χ2n) is 3.82. The number of rotatable bonds is 10. The van der Waals surface area contributed by atoms with Gasteiger partial charge in [0.2, 0.25) is 0 Å². The molecule has 1 atom stereocenters. The van der Waals surface area contributed by atoms with Gasteiger partial charge in [-0.25, -0.2) is 0 Å². The van der Waals surface area contributed by atoms with Crippen LogP contribution in [0.1, 0.15) is 27.2 Å². The maximum Gasteiger partial charge on any atom is 0.302 e. The smallest absolute Gasteiger partial charge is 0.302 e. The maximum absolute atomic E-state index is 10.3. The Morgan fingerprint density at radius 2 is 1.74 bits per heavy atom. The lowest BCUT2D eigenvalue weighted by atomic mass is 10.4. The van der Waals surface area contributed by atoms with E-state index in [4.69, 9.17) is 24.1 Å². The first-order chi connectivity index (χ1) is 9.08. The minimum absolute atomic E-state index is 0.0910. The Morgan fingerprint density at radius 1 is 1.16 bits per heavy atom. The van der Waals surface area contributed by atoms with Crippen molar-refractivity contribution >= 4 is 5.97 Å². The van der Waals surface area contributed by atoms with Crippen molar-refractivity contribution in [3.63, 3.8) is 0 Å². The number of hydrogen-bond donors (Lipinski definition) is 1. The van der Waals surface area contributed by atoms with Crippen LogP contribution in [0.3, 0.4) is 0 Å². The van der Waals surface area contributed by atoms with Crippen LogP contribution < -0.4 is 0 Å². The Bertz CT molecular complexity index is 178. The number of methoxy groups -OCH3 is 1. The number of ether oxygens (including phenoxy) is 4. The Labute approximate surface area is 116 Å². The highest BCUT2D eigenvalue weighted by atomic mass is 16.6. The van der Waals surface area contributed by atoms with Gasteiger partial charge < -0.3 is 24.1 Å². The average molecular weight is 280 g/mol. The lowest BCUT2D eigenvalue weighted by Gasteiger charge is -2.08. The standard InChI is InChI=1S/C7H16O3.C6H12O3/c1-2-4-9-6-7-10-5-3-8;1-5(4-8-3)9-6(2)7/h8H,2-7H2,1H3;5H,4H2,1-3H3. The van der Waals surface area contributed by atoms with Crippen LogP contribution in [-0.4, -0.2) is 63.9 Å². The van der Waals surface area contributed by atoms with Crippen molar-refractivity contribution in [3.8, 4) is 0 Å². The van der Waals surface area contributed by atoms with Crippen LogP contribution in [-0.2, 0) is 23.7 Å². The molecule has 0 rings (SSSR count). The molecule has 0 fully saturated rings. The summed E-state index contributed by atoms with van der Waals surface area (Å²) in [6.45, 7) is 8.20. The van der Waals surface area contributed by atoms with Gasteiger partial charge in [-0.1, -0.05) is 6.92 Å². The minimum Gasteiger partial charge on any atom is -0.460 e. The van der Waals surface area contributed by atoms with Gasteiger partial charge in [-0.15, -0.1) is 0 Å². The van der Waals surface area contributed by atoms with E-state index in [1.165, 1.54) is 6.92 Å². The highest BCUT2D eigenvalue weighted by Gasteiger charge is 2.02. The topological polar surface area (TPSA) is 74.2 Å². The van der Waals surface area contributed by atoms with Crippen molar-refractivity contribution in [3.05, 3.63) is 0 Å². The first kappa shape index (κ1) is 20.6. The van der Waals surface area contributed by atoms with Gasteiger partial charge in [0, 0.05) is 20.6 Å². The zero-order valence-electron chi connectivity index (χ0n) is 12.5. The van der Waals surface area contributed by atoms with E-state index in [-0.39, 0.29) is 18.7 Å². The summed E-state index contributed by atoms with van der Waals surface area (Å²) >= 11 is 0. The van der Waals surface area contributed by atoms with E-state index in [0.29, 0.717) is 26.4 Å². The lowest BCUT2D eigenvalue weighted by molar-refractivity contribution is -0.147. The first-order valence-corrected chi connectivity index (χ1v) is 6.50. The Balaban J connectivity index is 0. The number of carbonyl (C=O) groups is 1. The molecule has 0 aliphatic heterocycles. The van der Waals surface area contributed by atoms with Crippen molar-refractivity contribution in [1.82, 2.24) is 0 Å². The van der Waals surface area contributed by atoms with E-state index in [1.54, 1.807) is 14.0 Å². The molecule has 0 bridgehead atoms. The van der Waals surface area contributed by atoms with Crippen LogP contribution in [0.2, 0.25) is 0 Å². The van der Waals surface area contributed by atoms with Gasteiger partial charge in [-0.3, -0.25) is 4.79 Å². The first-order valence-electron chi connectivity index (χ1n) is 6.50. The van der Waals surface area contributed by atoms with Crippen molar-refractivity contribution in [2.45, 2.75) is 33.3 Å². The highest BCUT2D eigenvalue weighted by Crippen LogP contribution is 1.90. The number of esters is 1. The van der Waals surface area contributed by atoms with Gasteiger partial charge in [0.05, 0.1) is 33.0 Å². The third kappa shape index (κ3) is 22.9. The molecule has 0 radical (unpaired) electrons. The van der Waals surface area contributed by atoms with E-state index < -0.39 is 0 Å². The van der Waals surface area contributed by atoms with Crippen LogP contribution in [0, 0.1) is 0 Å². The molecule has 19 heavy (non-hydrogen) atoms. The zero-order chi connectivity index (χ0) is 14.9. The molecule has 0 aromatic rings. The summed E-state index contributed by atoms with van der Waals surface area (Å²) in [4.78, 5) is 10.3. The molecule has 116 valence electrons. The van der Waals surface area contributed by atoms with E-state index in [2.05, 4.69) is 6.92 Å². The Morgan fingerprint density at radius 3 is 2.16 bits per heavy atom. The van der Waals surface area contributed by atoms with E-state index in [1.807, 2.05) is 0 Å². The van der Waals surface area contributed by atoms with E-state index in [0.717, 1.165) is 13.0 Å². The monoisotopic (exact) mass is 280 g/mol. The summed E-state index contributed by atoms with van der Waals surface area (Å²) < 4.78 is 19.5. The summed E-state index contributed by atoms with van der Waals surface area (Å²) in [7, 11) is 1.57. The molecule has 1 N–H and O–H groups in total. The van der Waals surface area contributed by atoms with Gasteiger partial charge in [-0.05, 0) is 13.3 Å². The van der Waals surface area contributed by atoms with Gasteiger partial charge in [0.15, 0.2) is 0 Å². The molecule has 0 heterocycles. The van der Waals surface area contributed by atoms with Gasteiger partial charge in [0.1, 0.15) is 6.10 Å². The largest absolute Gasteiger partial charge is 0.460 e. The van der Waals surface area contributed by atoms with Gasteiger partial charge >= 0.3 is 5.97 Å². The lowest BCUT2D eigenvalue weighted by Crippen LogP contribution is -2.17. The Kier molecular flexibility index (Phi) is 18.8. The third-order valence-electron chi connectivity index (χ3n) is 1.72.